The second-order valence-electron chi connectivity index (χ2n) is 23.8. The molecular formula is C80H62N2. The Balaban J connectivity index is 0.995. The van der Waals surface area contributed by atoms with Crippen LogP contribution >= 0.6 is 0 Å². The largest absolute Gasteiger partial charge is 0.310 e. The van der Waals surface area contributed by atoms with Crippen molar-refractivity contribution < 1.29 is 0 Å². The third kappa shape index (κ3) is 7.40. The Bertz CT molecular complexity index is 4450. The first-order valence-electron chi connectivity index (χ1n) is 29.6. The van der Waals surface area contributed by atoms with E-state index in [4.69, 9.17) is 0 Å². The summed E-state index contributed by atoms with van der Waals surface area (Å²) in [7, 11) is 0. The summed E-state index contributed by atoms with van der Waals surface area (Å²) in [5.74, 6) is 0.615. The molecule has 2 nitrogen and oxygen atoms in total. The standard InChI is InChI=1S/C80H62N2/c1-79(2)71-36-20-17-33-63(71)68-48-62(45-46-72(68)79)82(60-31-13-6-14-32-60)78-52-76-70(50-67(78)58-40-39-54-25-15-16-28-57(54)47-58)65-35-19-22-38-74(65)80(76)73-37-21-18-34-64(73)69-49-66(56-26-9-4-10-27-56)77(51-75(69)80)81(59-29-11-5-12-30-59)61-43-41-55(42-44-61)53-23-7-3-8-24-53/h4-6,9-22,25-53H,3,7-8,23-24H2,1-2H3. The highest BCUT2D eigenvalue weighted by atomic mass is 15.2. The van der Waals surface area contributed by atoms with Gasteiger partial charge in [0.15, 0.2) is 0 Å². The van der Waals surface area contributed by atoms with Crippen molar-refractivity contribution in [1.29, 1.82) is 0 Å². The van der Waals surface area contributed by atoms with Crippen molar-refractivity contribution in [1.82, 2.24) is 0 Å². The monoisotopic (exact) mass is 1050 g/mol. The van der Waals surface area contributed by atoms with Crippen LogP contribution in [0.3, 0.4) is 0 Å². The van der Waals surface area contributed by atoms with Crippen molar-refractivity contribution in [3.63, 3.8) is 0 Å². The lowest BCUT2D eigenvalue weighted by Crippen LogP contribution is -2.27. The number of benzene rings is 12. The maximum absolute atomic E-state index is 2.60. The summed E-state index contributed by atoms with van der Waals surface area (Å²) in [5.41, 5.74) is 27.8. The molecule has 1 saturated carbocycles. The molecule has 0 aromatic heterocycles. The van der Waals surface area contributed by atoms with Crippen molar-refractivity contribution in [2.24, 2.45) is 0 Å². The summed E-state index contributed by atoms with van der Waals surface area (Å²) < 4.78 is 0. The summed E-state index contributed by atoms with van der Waals surface area (Å²) >= 11 is 0. The number of para-hydroxylation sites is 2. The zero-order valence-electron chi connectivity index (χ0n) is 46.5. The molecule has 0 bridgehead atoms. The molecule has 0 aliphatic heterocycles. The van der Waals surface area contributed by atoms with Crippen LogP contribution in [0, 0.1) is 0 Å². The number of hydrogen-bond acceptors (Lipinski definition) is 2. The smallest absolute Gasteiger partial charge is 0.0727 e. The van der Waals surface area contributed by atoms with E-state index in [9.17, 15) is 0 Å². The third-order valence-corrected chi connectivity index (χ3v) is 19.0. The topological polar surface area (TPSA) is 6.48 Å². The summed E-state index contributed by atoms with van der Waals surface area (Å²) in [5, 5.41) is 2.45. The van der Waals surface area contributed by atoms with E-state index in [1.54, 1.807) is 0 Å². The van der Waals surface area contributed by atoms with E-state index in [0.29, 0.717) is 5.92 Å². The summed E-state index contributed by atoms with van der Waals surface area (Å²) in [4.78, 5) is 5.08. The highest BCUT2D eigenvalue weighted by molar-refractivity contribution is 6.04. The van der Waals surface area contributed by atoms with Gasteiger partial charge in [0.25, 0.3) is 0 Å². The van der Waals surface area contributed by atoms with E-state index in [2.05, 4.69) is 297 Å². The van der Waals surface area contributed by atoms with Gasteiger partial charge in [-0.2, -0.15) is 0 Å². The van der Waals surface area contributed by atoms with Gasteiger partial charge in [-0.1, -0.05) is 227 Å². The maximum Gasteiger partial charge on any atom is 0.0727 e. The van der Waals surface area contributed by atoms with Crippen LogP contribution in [0.5, 0.6) is 0 Å². The molecule has 0 amide bonds. The Kier molecular flexibility index (Phi) is 11.3. The van der Waals surface area contributed by atoms with Crippen molar-refractivity contribution in [2.75, 3.05) is 9.80 Å². The minimum absolute atomic E-state index is 0.124. The number of nitrogens with zero attached hydrogens (tertiary/aromatic N) is 2. The fourth-order valence-electron chi connectivity index (χ4n) is 15.2. The molecule has 12 aromatic carbocycles. The highest BCUT2D eigenvalue weighted by Gasteiger charge is 2.53. The van der Waals surface area contributed by atoms with Gasteiger partial charge < -0.3 is 9.80 Å². The Hall–Kier alpha value is -9.50. The normalized spacial score (nSPS) is 16.0. The van der Waals surface area contributed by atoms with Gasteiger partial charge in [0.05, 0.1) is 16.8 Å². The van der Waals surface area contributed by atoms with Gasteiger partial charge in [-0.05, 0) is 192 Å². The second-order valence-corrected chi connectivity index (χ2v) is 23.8. The third-order valence-electron chi connectivity index (χ3n) is 19.0. The molecule has 0 saturated heterocycles. The van der Waals surface area contributed by atoms with Gasteiger partial charge in [0, 0.05) is 39.3 Å². The molecule has 0 heterocycles. The molecule has 82 heavy (non-hydrogen) atoms. The average Bonchev–Trinajstić information content (AvgIpc) is 2.40. The van der Waals surface area contributed by atoms with Gasteiger partial charge in [-0.25, -0.2) is 0 Å². The fourth-order valence-corrected chi connectivity index (χ4v) is 15.2. The summed E-state index contributed by atoms with van der Waals surface area (Å²) in [6.45, 7) is 4.75. The van der Waals surface area contributed by atoms with Crippen molar-refractivity contribution in [3.05, 3.63) is 312 Å². The Labute approximate surface area is 482 Å². The average molecular weight is 1050 g/mol. The summed E-state index contributed by atoms with van der Waals surface area (Å²) in [6.07, 6.45) is 6.51. The van der Waals surface area contributed by atoms with Crippen molar-refractivity contribution in [2.45, 2.75) is 62.7 Å². The van der Waals surface area contributed by atoms with E-state index in [0.717, 1.165) is 34.1 Å². The first-order valence-corrected chi connectivity index (χ1v) is 29.6. The fraction of sp³-hybridized carbons (Fsp3) is 0.125. The van der Waals surface area contributed by atoms with Gasteiger partial charge in [-0.3, -0.25) is 0 Å². The van der Waals surface area contributed by atoms with E-state index >= 15 is 0 Å². The molecule has 1 fully saturated rings. The lowest BCUT2D eigenvalue weighted by molar-refractivity contribution is 0.443. The van der Waals surface area contributed by atoms with Crippen molar-refractivity contribution >= 4 is 44.9 Å². The molecule has 4 aliphatic carbocycles. The van der Waals surface area contributed by atoms with Gasteiger partial charge >= 0.3 is 0 Å². The predicted octanol–water partition coefficient (Wildman–Crippen LogP) is 21.8. The van der Waals surface area contributed by atoms with Crippen LogP contribution in [-0.4, -0.2) is 0 Å². The minimum Gasteiger partial charge on any atom is -0.310 e. The zero-order chi connectivity index (χ0) is 54.5. The molecule has 2 heteroatoms. The van der Waals surface area contributed by atoms with Crippen molar-refractivity contribution in [3.8, 4) is 55.6 Å². The van der Waals surface area contributed by atoms with Crippen LogP contribution in [0.15, 0.2) is 273 Å². The second kappa shape index (κ2) is 19.1. The molecule has 392 valence electrons. The van der Waals surface area contributed by atoms with Crippen LogP contribution in [0.2, 0.25) is 0 Å². The van der Waals surface area contributed by atoms with Crippen LogP contribution in [0.4, 0.5) is 34.1 Å². The lowest BCUT2D eigenvalue weighted by atomic mass is 9.70. The molecule has 12 aromatic rings. The number of fused-ring (bicyclic) bond motifs is 14. The molecule has 0 radical (unpaired) electrons. The number of hydrogen-bond donors (Lipinski definition) is 0. The van der Waals surface area contributed by atoms with E-state index in [1.807, 2.05) is 0 Å². The SMILES string of the molecule is CC1(C)c2ccccc2-c2cc(N(c3ccccc3)c3cc4c(cc3-c3ccc5ccccc5c3)-c3ccccc3C43c4ccccc4-c4cc(-c5ccccc5)c(N(c5ccccc5)c5ccc(C6CCCCC6)cc5)cc43)ccc21. The molecule has 1 spiro atoms. The first kappa shape index (κ1) is 48.4. The molecular weight excluding hydrogens is 989 g/mol. The molecule has 4 aliphatic rings. The van der Waals surface area contributed by atoms with Crippen LogP contribution in [0.1, 0.15) is 90.8 Å². The Morgan fingerprint density at radius 2 is 0.744 bits per heavy atom. The van der Waals surface area contributed by atoms with Gasteiger partial charge in [-0.15, -0.1) is 0 Å². The van der Waals surface area contributed by atoms with Crippen LogP contribution < -0.4 is 9.80 Å². The Morgan fingerprint density at radius 1 is 0.293 bits per heavy atom. The molecule has 16 rings (SSSR count). The maximum atomic E-state index is 2.60. The number of rotatable bonds is 9. The van der Waals surface area contributed by atoms with Gasteiger partial charge in [0.1, 0.15) is 0 Å². The Morgan fingerprint density at radius 3 is 1.35 bits per heavy atom. The van der Waals surface area contributed by atoms with Gasteiger partial charge in [0.2, 0.25) is 0 Å². The molecule has 1 unspecified atom stereocenters. The molecule has 1 atom stereocenters. The summed E-state index contributed by atoms with van der Waals surface area (Å²) in [6, 6.07) is 104. The lowest BCUT2D eigenvalue weighted by Gasteiger charge is -2.35. The molecule has 0 N–H and O–H groups in total. The zero-order valence-corrected chi connectivity index (χ0v) is 46.5. The quantitative estimate of drug-likeness (QED) is 0.142. The van der Waals surface area contributed by atoms with Crippen LogP contribution in [-0.2, 0) is 10.8 Å². The number of anilines is 6. The van der Waals surface area contributed by atoms with Crippen LogP contribution in [0.25, 0.3) is 66.4 Å². The minimum atomic E-state index is -0.686. The predicted molar refractivity (Wildman–Crippen MR) is 344 cm³/mol. The van der Waals surface area contributed by atoms with E-state index in [-0.39, 0.29) is 5.41 Å². The van der Waals surface area contributed by atoms with E-state index in [1.165, 1.54) is 137 Å². The first-order chi connectivity index (χ1) is 40.4. The highest BCUT2D eigenvalue weighted by Crippen LogP contribution is 2.66. The van der Waals surface area contributed by atoms with E-state index < -0.39 is 5.41 Å².